The molecule has 0 aliphatic carbocycles. The number of amides is 1. The van der Waals surface area contributed by atoms with Crippen molar-refractivity contribution in [1.82, 2.24) is 9.80 Å². The van der Waals surface area contributed by atoms with Crippen molar-refractivity contribution in [1.29, 1.82) is 0 Å². The summed E-state index contributed by atoms with van der Waals surface area (Å²) in [7, 11) is 1.30. The third kappa shape index (κ3) is 4.33. The lowest BCUT2D eigenvalue weighted by molar-refractivity contribution is 0.0353. The number of halogens is 1. The molecule has 0 N–H and O–H groups in total. The fourth-order valence-electron chi connectivity index (χ4n) is 4.78. The van der Waals surface area contributed by atoms with Crippen molar-refractivity contribution in [2.45, 2.75) is 12.5 Å². The van der Waals surface area contributed by atoms with Gasteiger partial charge in [0.05, 0.1) is 42.9 Å². The molecule has 0 spiro atoms. The molecule has 1 atom stereocenters. The normalized spacial score (nSPS) is 18.2. The van der Waals surface area contributed by atoms with Gasteiger partial charge in [0, 0.05) is 26.2 Å². The highest BCUT2D eigenvalue weighted by molar-refractivity contribution is 5.99. The minimum Gasteiger partial charge on any atom is -0.465 e. The zero-order valence-corrected chi connectivity index (χ0v) is 19.3. The van der Waals surface area contributed by atoms with E-state index >= 15 is 0 Å². The maximum Gasteiger partial charge on any atom is 0.337 e. The van der Waals surface area contributed by atoms with Crippen LogP contribution in [0.15, 0.2) is 51.7 Å². The van der Waals surface area contributed by atoms with Gasteiger partial charge in [0.15, 0.2) is 5.43 Å². The van der Waals surface area contributed by atoms with E-state index in [4.69, 9.17) is 13.9 Å². The summed E-state index contributed by atoms with van der Waals surface area (Å²) in [6.45, 7) is 4.23. The molecule has 2 aliphatic rings. The number of nitrogens with zero attached hydrogens (tertiary/aromatic N) is 2. The van der Waals surface area contributed by atoms with Crippen LogP contribution in [0.2, 0.25) is 0 Å². The fraction of sp³-hybridized carbons (Fsp3) is 0.346. The summed E-state index contributed by atoms with van der Waals surface area (Å²) in [5.41, 5.74) is 0.919. The Hall–Kier alpha value is -3.56. The molecule has 35 heavy (non-hydrogen) atoms. The van der Waals surface area contributed by atoms with Crippen LogP contribution in [0.3, 0.4) is 0 Å². The summed E-state index contributed by atoms with van der Waals surface area (Å²) in [4.78, 5) is 42.7. The summed E-state index contributed by atoms with van der Waals surface area (Å²) >= 11 is 0. The maximum atomic E-state index is 13.9. The third-order valence-corrected chi connectivity index (χ3v) is 6.55. The highest BCUT2D eigenvalue weighted by Gasteiger charge is 2.42. The van der Waals surface area contributed by atoms with Gasteiger partial charge in [0.1, 0.15) is 11.4 Å². The summed E-state index contributed by atoms with van der Waals surface area (Å²) in [5.74, 6) is -1.45. The number of benzene rings is 2. The number of hydrogen-bond acceptors (Lipinski definition) is 7. The molecule has 3 aromatic rings. The van der Waals surface area contributed by atoms with Crippen molar-refractivity contribution < 1.29 is 27.9 Å². The van der Waals surface area contributed by atoms with Crippen molar-refractivity contribution >= 4 is 22.8 Å². The van der Waals surface area contributed by atoms with E-state index in [0.29, 0.717) is 37.3 Å². The Balaban J connectivity index is 1.53. The summed E-state index contributed by atoms with van der Waals surface area (Å²) in [5, 5.41) is 0.0860. The topological polar surface area (TPSA) is 89.3 Å². The van der Waals surface area contributed by atoms with E-state index in [9.17, 15) is 18.8 Å². The van der Waals surface area contributed by atoms with Gasteiger partial charge in [-0.1, -0.05) is 12.1 Å². The maximum absolute atomic E-state index is 13.9. The van der Waals surface area contributed by atoms with Crippen LogP contribution in [0.25, 0.3) is 11.0 Å². The number of methoxy groups -OCH3 is 1. The predicted molar refractivity (Wildman–Crippen MR) is 125 cm³/mol. The molecule has 2 aliphatic heterocycles. The van der Waals surface area contributed by atoms with E-state index in [0.717, 1.165) is 25.7 Å². The van der Waals surface area contributed by atoms with Gasteiger partial charge in [-0.3, -0.25) is 14.5 Å². The van der Waals surface area contributed by atoms with E-state index in [2.05, 4.69) is 4.90 Å². The van der Waals surface area contributed by atoms with Crippen molar-refractivity contribution in [3.05, 3.63) is 81.0 Å². The zero-order valence-electron chi connectivity index (χ0n) is 19.3. The Labute approximate surface area is 200 Å². The van der Waals surface area contributed by atoms with Gasteiger partial charge in [-0.25, -0.2) is 9.18 Å². The Bertz CT molecular complexity index is 1330. The second-order valence-corrected chi connectivity index (χ2v) is 8.64. The zero-order chi connectivity index (χ0) is 24.5. The molecule has 0 radical (unpaired) electrons. The van der Waals surface area contributed by atoms with Crippen LogP contribution in [0.4, 0.5) is 4.39 Å². The molecule has 1 amide bonds. The van der Waals surface area contributed by atoms with Gasteiger partial charge in [-0.2, -0.15) is 0 Å². The fourth-order valence-corrected chi connectivity index (χ4v) is 4.78. The van der Waals surface area contributed by atoms with Gasteiger partial charge >= 0.3 is 5.97 Å². The molecule has 1 unspecified atom stereocenters. The highest BCUT2D eigenvalue weighted by atomic mass is 19.1. The van der Waals surface area contributed by atoms with Crippen molar-refractivity contribution in [2.24, 2.45) is 0 Å². The number of rotatable bonds is 6. The van der Waals surface area contributed by atoms with Gasteiger partial charge in [-0.05, 0) is 42.3 Å². The van der Waals surface area contributed by atoms with E-state index in [1.54, 1.807) is 29.2 Å². The van der Waals surface area contributed by atoms with Gasteiger partial charge in [0.25, 0.3) is 5.91 Å². The molecular weight excluding hydrogens is 455 g/mol. The summed E-state index contributed by atoms with van der Waals surface area (Å²) < 4.78 is 29.9. The largest absolute Gasteiger partial charge is 0.465 e. The lowest BCUT2D eigenvalue weighted by atomic mass is 9.97. The van der Waals surface area contributed by atoms with Gasteiger partial charge in [-0.15, -0.1) is 0 Å². The van der Waals surface area contributed by atoms with E-state index in [-0.39, 0.29) is 28.2 Å². The van der Waals surface area contributed by atoms with Crippen LogP contribution >= 0.6 is 0 Å². The van der Waals surface area contributed by atoms with Crippen LogP contribution in [-0.2, 0) is 9.47 Å². The molecule has 8 nitrogen and oxygen atoms in total. The highest BCUT2D eigenvalue weighted by Crippen LogP contribution is 2.38. The average Bonchev–Trinajstić information content (AvgIpc) is 3.16. The van der Waals surface area contributed by atoms with Crippen LogP contribution in [0, 0.1) is 5.82 Å². The average molecular weight is 480 g/mol. The molecule has 182 valence electrons. The number of hydrogen-bond donors (Lipinski definition) is 0. The molecule has 0 saturated carbocycles. The smallest absolute Gasteiger partial charge is 0.337 e. The van der Waals surface area contributed by atoms with Crippen molar-refractivity contribution in [3.63, 3.8) is 0 Å². The number of esters is 1. The van der Waals surface area contributed by atoms with Gasteiger partial charge < -0.3 is 18.8 Å². The lowest BCUT2D eigenvalue weighted by Gasteiger charge is -2.29. The minimum absolute atomic E-state index is 0.0254. The van der Waals surface area contributed by atoms with E-state index in [1.807, 2.05) is 0 Å². The molecule has 9 heteroatoms. The Morgan fingerprint density at radius 2 is 1.83 bits per heavy atom. The molecule has 1 aromatic heterocycles. The quantitative estimate of drug-likeness (QED) is 0.501. The predicted octanol–water partition coefficient (Wildman–Crippen LogP) is 2.99. The SMILES string of the molecule is COC(=O)c1ccc(C2c3c(oc4ccc(F)cc4c3=O)C(=O)N2CCCN2CCOCC2)cc1. The summed E-state index contributed by atoms with van der Waals surface area (Å²) in [6, 6.07) is 9.56. The van der Waals surface area contributed by atoms with Crippen molar-refractivity contribution in [2.75, 3.05) is 46.5 Å². The Morgan fingerprint density at radius 3 is 2.54 bits per heavy atom. The van der Waals surface area contributed by atoms with Crippen LogP contribution in [0.1, 0.15) is 44.5 Å². The lowest BCUT2D eigenvalue weighted by Crippen LogP contribution is -2.38. The molecule has 1 fully saturated rings. The first-order valence-electron chi connectivity index (χ1n) is 11.5. The number of carbonyl (C=O) groups excluding carboxylic acids is 2. The first-order chi connectivity index (χ1) is 17.0. The van der Waals surface area contributed by atoms with Crippen LogP contribution < -0.4 is 5.43 Å². The molecule has 2 aromatic carbocycles. The van der Waals surface area contributed by atoms with Crippen LogP contribution in [0.5, 0.6) is 0 Å². The third-order valence-electron chi connectivity index (χ3n) is 6.55. The standard InChI is InChI=1S/C26H25FN2O6/c1-33-26(32)17-5-3-16(4-6-17)22-21-23(30)19-15-18(27)7-8-20(19)35-24(21)25(31)29(22)10-2-9-28-11-13-34-14-12-28/h3-8,15,22H,2,9-14H2,1H3. The molecule has 0 bridgehead atoms. The number of carbonyl (C=O) groups is 2. The van der Waals surface area contributed by atoms with E-state index in [1.165, 1.54) is 19.2 Å². The number of fused-ring (bicyclic) bond motifs is 2. The monoisotopic (exact) mass is 480 g/mol. The minimum atomic E-state index is -0.710. The van der Waals surface area contributed by atoms with E-state index < -0.39 is 23.3 Å². The molecule has 1 saturated heterocycles. The van der Waals surface area contributed by atoms with Crippen molar-refractivity contribution in [3.8, 4) is 0 Å². The second kappa shape index (κ2) is 9.59. The molecular formula is C26H25FN2O6. The first-order valence-corrected chi connectivity index (χ1v) is 11.5. The van der Waals surface area contributed by atoms with Gasteiger partial charge in [0.2, 0.25) is 5.76 Å². The number of ether oxygens (including phenoxy) is 2. The van der Waals surface area contributed by atoms with Crippen LogP contribution in [-0.4, -0.2) is 68.2 Å². The summed E-state index contributed by atoms with van der Waals surface area (Å²) in [6.07, 6.45) is 0.693. The first kappa shape index (κ1) is 23.2. The Kier molecular flexibility index (Phi) is 6.36. The Morgan fingerprint density at radius 1 is 1.09 bits per heavy atom. The molecule has 5 rings (SSSR count). The molecule has 3 heterocycles. The second-order valence-electron chi connectivity index (χ2n) is 8.64. The number of morpholine rings is 1.